The molecule has 1 heterocycles. The quantitative estimate of drug-likeness (QED) is 0.819. The van der Waals surface area contributed by atoms with Crippen LogP contribution in [0.25, 0.3) is 0 Å². The topological polar surface area (TPSA) is 54.3 Å². The van der Waals surface area contributed by atoms with Gasteiger partial charge < -0.3 is 15.1 Å². The second kappa shape index (κ2) is 7.71. The molecule has 0 radical (unpaired) electrons. The van der Waals surface area contributed by atoms with Crippen LogP contribution in [0.1, 0.15) is 17.7 Å². The second-order valence-corrected chi connectivity index (χ2v) is 4.98. The molecular weight excluding hydrogens is 309 g/mol. The zero-order valence-electron chi connectivity index (χ0n) is 12.3. The van der Waals surface area contributed by atoms with E-state index in [1.807, 2.05) is 0 Å². The molecule has 0 atom stereocenters. The highest BCUT2D eigenvalue weighted by molar-refractivity contribution is 5.80. The van der Waals surface area contributed by atoms with E-state index in [2.05, 4.69) is 10.6 Å². The normalized spacial score (nSPS) is 11.3. The van der Waals surface area contributed by atoms with Crippen molar-refractivity contribution < 1.29 is 22.4 Å². The number of hydrogen-bond acceptors (Lipinski definition) is 3. The maximum atomic E-state index is 12.3. The third-order valence-corrected chi connectivity index (χ3v) is 3.17. The first-order chi connectivity index (χ1) is 10.9. The van der Waals surface area contributed by atoms with E-state index in [0.29, 0.717) is 17.0 Å². The number of aryl methyl sites for hydroxylation is 1. The molecule has 0 aliphatic carbocycles. The number of alkyl halides is 3. The molecular formula is C16H17F3N2O2. The average Bonchev–Trinajstić information content (AvgIpc) is 3.02. The largest absolute Gasteiger partial charge is 0.467 e. The van der Waals surface area contributed by atoms with Gasteiger partial charge in [0.2, 0.25) is 5.91 Å². The molecule has 0 aliphatic heterocycles. The molecule has 4 nitrogen and oxygen atoms in total. The van der Waals surface area contributed by atoms with E-state index >= 15 is 0 Å². The van der Waals surface area contributed by atoms with Crippen LogP contribution in [0.4, 0.5) is 18.9 Å². The first-order valence-corrected chi connectivity index (χ1v) is 7.11. The Balaban J connectivity index is 1.83. The van der Waals surface area contributed by atoms with Crippen LogP contribution in [0.15, 0.2) is 47.1 Å². The first-order valence-electron chi connectivity index (χ1n) is 7.11. The van der Waals surface area contributed by atoms with Crippen molar-refractivity contribution >= 4 is 11.6 Å². The summed E-state index contributed by atoms with van der Waals surface area (Å²) in [6, 6.07) is 10.1. The predicted molar refractivity (Wildman–Crippen MR) is 79.9 cm³/mol. The minimum Gasteiger partial charge on any atom is -0.467 e. The van der Waals surface area contributed by atoms with Gasteiger partial charge in [0.15, 0.2) is 0 Å². The zero-order chi connectivity index (χ0) is 16.7. The third kappa shape index (κ3) is 6.06. The maximum absolute atomic E-state index is 12.3. The Morgan fingerprint density at radius 2 is 1.91 bits per heavy atom. The molecule has 0 saturated carbocycles. The van der Waals surface area contributed by atoms with Crippen molar-refractivity contribution in [1.29, 1.82) is 0 Å². The van der Waals surface area contributed by atoms with Crippen molar-refractivity contribution in [3.8, 4) is 0 Å². The van der Waals surface area contributed by atoms with Crippen molar-refractivity contribution in [3.63, 3.8) is 0 Å². The van der Waals surface area contributed by atoms with E-state index in [-0.39, 0.29) is 25.4 Å². The Morgan fingerprint density at radius 1 is 1.13 bits per heavy atom. The lowest BCUT2D eigenvalue weighted by atomic mass is 10.1. The molecule has 23 heavy (non-hydrogen) atoms. The minimum absolute atomic E-state index is 0.0241. The highest BCUT2D eigenvalue weighted by Crippen LogP contribution is 2.25. The Labute approximate surface area is 131 Å². The number of carbonyl (C=O) groups is 1. The number of hydrogen-bond donors (Lipinski definition) is 2. The fourth-order valence-electron chi connectivity index (χ4n) is 2.02. The molecule has 0 fully saturated rings. The van der Waals surface area contributed by atoms with Gasteiger partial charge >= 0.3 is 6.18 Å². The van der Waals surface area contributed by atoms with E-state index in [9.17, 15) is 18.0 Å². The highest BCUT2D eigenvalue weighted by Gasteiger charge is 2.26. The van der Waals surface area contributed by atoms with E-state index in [1.54, 1.807) is 36.4 Å². The summed E-state index contributed by atoms with van der Waals surface area (Å²) >= 11 is 0. The Hall–Kier alpha value is -2.44. The predicted octanol–water partition coefficient (Wildman–Crippen LogP) is 3.50. The van der Waals surface area contributed by atoms with Crippen LogP contribution < -0.4 is 10.6 Å². The highest BCUT2D eigenvalue weighted by atomic mass is 19.4. The summed E-state index contributed by atoms with van der Waals surface area (Å²) in [5.41, 5.74) is 1.06. The maximum Gasteiger partial charge on any atom is 0.389 e. The number of benzene rings is 1. The van der Waals surface area contributed by atoms with Crippen molar-refractivity contribution in [2.24, 2.45) is 0 Å². The van der Waals surface area contributed by atoms with Crippen LogP contribution in [0, 0.1) is 0 Å². The van der Waals surface area contributed by atoms with Crippen molar-refractivity contribution in [3.05, 3.63) is 54.0 Å². The van der Waals surface area contributed by atoms with Crippen LogP contribution in [0.3, 0.4) is 0 Å². The molecule has 7 heteroatoms. The fourth-order valence-corrected chi connectivity index (χ4v) is 2.02. The van der Waals surface area contributed by atoms with Gasteiger partial charge in [-0.15, -0.1) is 0 Å². The summed E-state index contributed by atoms with van der Waals surface area (Å²) < 4.78 is 42.1. The van der Waals surface area contributed by atoms with Crippen molar-refractivity contribution in [2.45, 2.75) is 25.6 Å². The van der Waals surface area contributed by atoms with Gasteiger partial charge in [0.25, 0.3) is 0 Å². The lowest BCUT2D eigenvalue weighted by Crippen LogP contribution is -2.29. The van der Waals surface area contributed by atoms with Gasteiger partial charge in [-0.3, -0.25) is 4.79 Å². The summed E-state index contributed by atoms with van der Waals surface area (Å²) in [5, 5.41) is 5.53. The summed E-state index contributed by atoms with van der Waals surface area (Å²) in [6.45, 7) is 0.243. The molecule has 124 valence electrons. The van der Waals surface area contributed by atoms with Crippen LogP contribution in [0.2, 0.25) is 0 Å². The van der Waals surface area contributed by atoms with Gasteiger partial charge in [0.05, 0.1) is 19.4 Å². The fraction of sp³-hybridized carbons (Fsp3) is 0.312. The van der Waals surface area contributed by atoms with Gasteiger partial charge in [0, 0.05) is 12.1 Å². The van der Waals surface area contributed by atoms with E-state index in [0.717, 1.165) is 0 Å². The van der Waals surface area contributed by atoms with E-state index < -0.39 is 12.6 Å². The number of nitrogens with one attached hydrogen (secondary N) is 2. The number of furan rings is 1. The molecule has 0 bridgehead atoms. The number of anilines is 1. The molecule has 0 saturated heterocycles. The molecule has 0 spiro atoms. The van der Waals surface area contributed by atoms with Crippen molar-refractivity contribution in [1.82, 2.24) is 5.32 Å². The molecule has 2 N–H and O–H groups in total. The Kier molecular flexibility index (Phi) is 5.67. The third-order valence-electron chi connectivity index (χ3n) is 3.17. The van der Waals surface area contributed by atoms with E-state index in [4.69, 9.17) is 4.42 Å². The smallest absolute Gasteiger partial charge is 0.389 e. The average molecular weight is 326 g/mol. The standard InChI is InChI=1S/C16H17F3N2O2/c17-16(18,19)8-7-12-4-1-2-6-14(12)20-11-15(22)21-10-13-5-3-9-23-13/h1-6,9,20H,7-8,10-11H2,(H,21,22). The summed E-state index contributed by atoms with van der Waals surface area (Å²) in [5.74, 6) is 0.357. The summed E-state index contributed by atoms with van der Waals surface area (Å²) in [7, 11) is 0. The summed E-state index contributed by atoms with van der Waals surface area (Å²) in [4.78, 5) is 11.7. The van der Waals surface area contributed by atoms with E-state index in [1.165, 1.54) is 6.26 Å². The van der Waals surface area contributed by atoms with Gasteiger partial charge in [-0.05, 0) is 30.2 Å². The van der Waals surface area contributed by atoms with Gasteiger partial charge in [-0.25, -0.2) is 0 Å². The van der Waals surface area contributed by atoms with Gasteiger partial charge in [-0.2, -0.15) is 13.2 Å². The Bertz CT molecular complexity index is 625. The van der Waals surface area contributed by atoms with Crippen molar-refractivity contribution in [2.75, 3.05) is 11.9 Å². The number of rotatable bonds is 7. The minimum atomic E-state index is -4.20. The first kappa shape index (κ1) is 16.9. The van der Waals surface area contributed by atoms with Crippen LogP contribution >= 0.6 is 0 Å². The number of halogens is 3. The molecule has 0 aliphatic rings. The lowest BCUT2D eigenvalue weighted by molar-refractivity contribution is -0.134. The van der Waals surface area contributed by atoms with Gasteiger partial charge in [0.1, 0.15) is 5.76 Å². The molecule has 1 amide bonds. The number of amides is 1. The second-order valence-electron chi connectivity index (χ2n) is 4.98. The number of carbonyl (C=O) groups excluding carboxylic acids is 1. The summed E-state index contributed by atoms with van der Waals surface area (Å²) in [6.07, 6.45) is -3.71. The van der Waals surface area contributed by atoms with Crippen LogP contribution in [0.5, 0.6) is 0 Å². The molecule has 2 aromatic rings. The Morgan fingerprint density at radius 3 is 2.61 bits per heavy atom. The number of para-hydroxylation sites is 1. The zero-order valence-corrected chi connectivity index (χ0v) is 12.3. The lowest BCUT2D eigenvalue weighted by Gasteiger charge is -2.13. The molecule has 2 rings (SSSR count). The molecule has 0 unspecified atom stereocenters. The van der Waals surface area contributed by atoms with Crippen LogP contribution in [-0.4, -0.2) is 18.6 Å². The monoisotopic (exact) mass is 326 g/mol. The SMILES string of the molecule is O=C(CNc1ccccc1CCC(F)(F)F)NCc1ccco1. The molecule has 1 aromatic heterocycles. The van der Waals surface area contributed by atoms with Gasteiger partial charge in [-0.1, -0.05) is 18.2 Å². The molecule has 1 aromatic carbocycles. The van der Waals surface area contributed by atoms with Crippen LogP contribution in [-0.2, 0) is 17.8 Å².